The molecule has 0 spiro atoms. The van der Waals surface area contributed by atoms with Crippen LogP contribution in [0.2, 0.25) is 0 Å². The van der Waals surface area contributed by atoms with Gasteiger partial charge in [-0.3, -0.25) is 9.59 Å². The van der Waals surface area contributed by atoms with Gasteiger partial charge in [0.05, 0.1) is 6.61 Å². The largest absolute Gasteiger partial charge is 0.479 e. The smallest absolute Gasteiger partial charge is 0.335 e. The van der Waals surface area contributed by atoms with Crippen LogP contribution >= 0.6 is 0 Å². The SMILES string of the molecule is CCCCCC/C=C\CCCCCCCC(=O)OCC(COC1OC(C(=O)O)C(O)C(O)C1O)OC(=O)CCCCCCCCCCCCCCCCCC. The van der Waals surface area contributed by atoms with Gasteiger partial charge in [0.25, 0.3) is 0 Å². The number of aliphatic carboxylic acids is 1. The van der Waals surface area contributed by atoms with Crippen LogP contribution in [-0.2, 0) is 33.3 Å². The molecule has 11 heteroatoms. The predicted molar refractivity (Wildman–Crippen MR) is 215 cm³/mol. The molecule has 1 saturated heterocycles. The highest BCUT2D eigenvalue weighted by atomic mass is 16.7. The van der Waals surface area contributed by atoms with Gasteiger partial charge in [0.15, 0.2) is 18.5 Å². The van der Waals surface area contributed by atoms with Crippen LogP contribution in [0, 0.1) is 0 Å². The number of hydrogen-bond acceptors (Lipinski definition) is 10. The van der Waals surface area contributed by atoms with Crippen molar-refractivity contribution in [1.82, 2.24) is 0 Å². The van der Waals surface area contributed by atoms with Crippen LogP contribution in [0.4, 0.5) is 0 Å². The normalized spacial score (nSPS) is 20.5. The molecule has 6 atom stereocenters. The monoisotopic (exact) mass is 785 g/mol. The van der Waals surface area contributed by atoms with Crippen molar-refractivity contribution in [3.8, 4) is 0 Å². The molecule has 1 heterocycles. The van der Waals surface area contributed by atoms with Crippen molar-refractivity contribution in [2.45, 2.75) is 237 Å². The van der Waals surface area contributed by atoms with Crippen molar-refractivity contribution in [1.29, 1.82) is 0 Å². The summed E-state index contributed by atoms with van der Waals surface area (Å²) >= 11 is 0. The van der Waals surface area contributed by atoms with Crippen molar-refractivity contribution >= 4 is 17.9 Å². The molecule has 0 aromatic rings. The predicted octanol–water partition coefficient (Wildman–Crippen LogP) is 9.26. The first-order valence-corrected chi connectivity index (χ1v) is 22.2. The fourth-order valence-electron chi connectivity index (χ4n) is 6.81. The van der Waals surface area contributed by atoms with Crippen LogP contribution in [-0.4, -0.2) is 88.4 Å². The van der Waals surface area contributed by atoms with Gasteiger partial charge in [-0.05, 0) is 38.5 Å². The maximum Gasteiger partial charge on any atom is 0.335 e. The molecule has 0 bridgehead atoms. The molecule has 0 radical (unpaired) electrons. The van der Waals surface area contributed by atoms with Crippen LogP contribution in [0.15, 0.2) is 12.2 Å². The zero-order valence-corrected chi connectivity index (χ0v) is 34.7. The maximum absolute atomic E-state index is 12.8. The van der Waals surface area contributed by atoms with Crippen molar-refractivity contribution in [2.75, 3.05) is 13.2 Å². The summed E-state index contributed by atoms with van der Waals surface area (Å²) in [6.07, 6.45) is 26.9. The second kappa shape index (κ2) is 35.1. The number of hydrogen-bond donors (Lipinski definition) is 4. The summed E-state index contributed by atoms with van der Waals surface area (Å²) in [5, 5.41) is 39.8. The van der Waals surface area contributed by atoms with Gasteiger partial charge in [0, 0.05) is 12.8 Å². The summed E-state index contributed by atoms with van der Waals surface area (Å²) in [4.78, 5) is 36.8. The molecule has 1 aliphatic rings. The molecule has 0 aromatic heterocycles. The summed E-state index contributed by atoms with van der Waals surface area (Å²) < 4.78 is 21.7. The lowest BCUT2D eigenvalue weighted by molar-refractivity contribution is -0.298. The van der Waals surface area contributed by atoms with Crippen LogP contribution in [0.25, 0.3) is 0 Å². The van der Waals surface area contributed by atoms with E-state index in [9.17, 15) is 34.8 Å². The van der Waals surface area contributed by atoms with Crippen LogP contribution in [0.3, 0.4) is 0 Å². The zero-order valence-electron chi connectivity index (χ0n) is 34.7. The molecule has 0 aliphatic carbocycles. The first kappa shape index (κ1) is 51.0. The second-order valence-electron chi connectivity index (χ2n) is 15.5. The first-order chi connectivity index (χ1) is 26.7. The van der Waals surface area contributed by atoms with Gasteiger partial charge in [-0.25, -0.2) is 4.79 Å². The number of aliphatic hydroxyl groups is 3. The number of ether oxygens (including phenoxy) is 4. The molecule has 0 aromatic carbocycles. The van der Waals surface area contributed by atoms with E-state index in [0.717, 1.165) is 57.8 Å². The van der Waals surface area contributed by atoms with Gasteiger partial charge in [-0.2, -0.15) is 0 Å². The molecule has 0 amide bonds. The Morgan fingerprint density at radius 2 is 0.964 bits per heavy atom. The average molecular weight is 785 g/mol. The van der Waals surface area contributed by atoms with Gasteiger partial charge in [-0.1, -0.05) is 161 Å². The lowest BCUT2D eigenvalue weighted by Gasteiger charge is -2.38. The van der Waals surface area contributed by atoms with Gasteiger partial charge in [0.1, 0.15) is 24.9 Å². The van der Waals surface area contributed by atoms with E-state index in [4.69, 9.17) is 18.9 Å². The molecular formula is C44H80O11. The minimum atomic E-state index is -1.86. The van der Waals surface area contributed by atoms with Crippen LogP contribution in [0.5, 0.6) is 0 Å². The summed E-state index contributed by atoms with van der Waals surface area (Å²) in [7, 11) is 0. The Kier molecular flexibility index (Phi) is 32.6. The highest BCUT2D eigenvalue weighted by Crippen LogP contribution is 2.23. The number of carboxylic acid groups (broad SMARTS) is 1. The standard InChI is InChI=1S/C44H80O11/c1-3-5-7-9-11-13-15-17-18-19-21-23-25-27-29-31-33-38(46)54-36(35-53-44-41(49)39(47)40(48)42(55-44)43(50)51)34-52-37(45)32-30-28-26-24-22-20-16-14-12-10-8-6-4-2/h14,16,36,39-42,44,47-49H,3-13,15,17-35H2,1-2H3,(H,50,51)/b16-14-. The van der Waals surface area contributed by atoms with Gasteiger partial charge in [-0.15, -0.1) is 0 Å². The van der Waals surface area contributed by atoms with Crippen molar-refractivity contribution in [2.24, 2.45) is 0 Å². The second-order valence-corrected chi connectivity index (χ2v) is 15.5. The van der Waals surface area contributed by atoms with Gasteiger partial charge < -0.3 is 39.4 Å². The number of allylic oxidation sites excluding steroid dienone is 2. The summed E-state index contributed by atoms with van der Waals surface area (Å²) in [5.74, 6) is -2.44. The third-order valence-electron chi connectivity index (χ3n) is 10.4. The van der Waals surface area contributed by atoms with E-state index in [2.05, 4.69) is 26.0 Å². The number of aliphatic hydroxyl groups excluding tert-OH is 3. The van der Waals surface area contributed by atoms with E-state index in [0.29, 0.717) is 12.8 Å². The van der Waals surface area contributed by atoms with E-state index in [1.165, 1.54) is 103 Å². The lowest BCUT2D eigenvalue weighted by Crippen LogP contribution is -2.60. The fourth-order valence-corrected chi connectivity index (χ4v) is 6.81. The molecule has 11 nitrogen and oxygen atoms in total. The Hall–Kier alpha value is -2.05. The number of rotatable bonds is 37. The Labute approximate surface area is 333 Å². The van der Waals surface area contributed by atoms with Gasteiger partial charge in [0.2, 0.25) is 0 Å². The third-order valence-corrected chi connectivity index (χ3v) is 10.4. The Balaban J connectivity index is 2.37. The van der Waals surface area contributed by atoms with Gasteiger partial charge >= 0.3 is 17.9 Å². The molecule has 1 rings (SSSR count). The van der Waals surface area contributed by atoms with Crippen LogP contribution < -0.4 is 0 Å². The summed E-state index contributed by atoms with van der Waals surface area (Å²) in [5.41, 5.74) is 0. The topological polar surface area (TPSA) is 169 Å². The number of carbonyl (C=O) groups excluding carboxylic acids is 2. The van der Waals surface area contributed by atoms with Crippen molar-refractivity contribution in [3.05, 3.63) is 12.2 Å². The molecule has 6 unspecified atom stereocenters. The van der Waals surface area contributed by atoms with E-state index < -0.39 is 54.7 Å². The molecule has 322 valence electrons. The van der Waals surface area contributed by atoms with E-state index in [1.807, 2.05) is 0 Å². The van der Waals surface area contributed by atoms with Crippen molar-refractivity contribution < 1.29 is 53.8 Å². The van der Waals surface area contributed by atoms with E-state index >= 15 is 0 Å². The quantitative estimate of drug-likeness (QED) is 0.0269. The van der Waals surface area contributed by atoms with Crippen LogP contribution in [0.1, 0.15) is 200 Å². The molecule has 55 heavy (non-hydrogen) atoms. The zero-order chi connectivity index (χ0) is 40.4. The number of unbranched alkanes of at least 4 members (excludes halogenated alkanes) is 24. The van der Waals surface area contributed by atoms with E-state index in [1.54, 1.807) is 0 Å². The molecular weight excluding hydrogens is 704 g/mol. The number of carbonyl (C=O) groups is 3. The Bertz CT molecular complexity index is 973. The highest BCUT2D eigenvalue weighted by molar-refractivity contribution is 5.73. The minimum absolute atomic E-state index is 0.187. The summed E-state index contributed by atoms with van der Waals surface area (Å²) in [6.45, 7) is 3.80. The van der Waals surface area contributed by atoms with E-state index in [-0.39, 0.29) is 26.1 Å². The lowest BCUT2D eigenvalue weighted by atomic mass is 9.99. The Morgan fingerprint density at radius 1 is 0.545 bits per heavy atom. The molecule has 0 saturated carbocycles. The highest BCUT2D eigenvalue weighted by Gasteiger charge is 2.47. The molecule has 1 fully saturated rings. The number of carboxylic acids is 1. The summed E-state index contributed by atoms with van der Waals surface area (Å²) in [6, 6.07) is 0. The molecule has 1 aliphatic heterocycles. The molecule has 4 N–H and O–H groups in total. The fraction of sp³-hybridized carbons (Fsp3) is 0.886. The maximum atomic E-state index is 12.8. The minimum Gasteiger partial charge on any atom is -0.479 e. The first-order valence-electron chi connectivity index (χ1n) is 22.2. The number of esters is 2. The third kappa shape index (κ3) is 27.3. The Morgan fingerprint density at radius 3 is 1.44 bits per heavy atom. The van der Waals surface area contributed by atoms with Crippen molar-refractivity contribution in [3.63, 3.8) is 0 Å². The average Bonchev–Trinajstić information content (AvgIpc) is 3.17.